The van der Waals surface area contributed by atoms with E-state index in [2.05, 4.69) is 48.7 Å². The van der Waals surface area contributed by atoms with Crippen LogP contribution in [-0.4, -0.2) is 19.6 Å². The lowest BCUT2D eigenvalue weighted by Gasteiger charge is -2.23. The summed E-state index contributed by atoms with van der Waals surface area (Å²) in [5.41, 5.74) is 2.71. The molecule has 1 unspecified atom stereocenters. The minimum atomic E-state index is 0.670. The van der Waals surface area contributed by atoms with Gasteiger partial charge in [-0.2, -0.15) is 0 Å². The Morgan fingerprint density at radius 2 is 1.89 bits per heavy atom. The molecule has 1 aliphatic rings. The molecule has 1 aromatic rings. The summed E-state index contributed by atoms with van der Waals surface area (Å²) >= 11 is 0. The van der Waals surface area contributed by atoms with Gasteiger partial charge in [-0.05, 0) is 61.9 Å². The van der Waals surface area contributed by atoms with Crippen LogP contribution in [0.25, 0.3) is 0 Å². The second-order valence-electron chi connectivity index (χ2n) is 5.51. The van der Waals surface area contributed by atoms with Crippen LogP contribution < -0.4 is 10.6 Å². The normalized spacial score (nSPS) is 18.6. The van der Waals surface area contributed by atoms with Gasteiger partial charge >= 0.3 is 0 Å². The molecular weight excluding hydrogens is 220 g/mol. The zero-order valence-electron chi connectivity index (χ0n) is 11.7. The lowest BCUT2D eigenvalue weighted by atomic mass is 9.97. The molecule has 1 aromatic carbocycles. The molecule has 1 fully saturated rings. The molecule has 0 saturated carbocycles. The van der Waals surface area contributed by atoms with E-state index in [1.54, 1.807) is 0 Å². The van der Waals surface area contributed by atoms with Crippen LogP contribution >= 0.6 is 0 Å². The van der Waals surface area contributed by atoms with Crippen molar-refractivity contribution in [3.63, 3.8) is 0 Å². The predicted octanol–water partition coefficient (Wildman–Crippen LogP) is 3.61. The number of piperidine rings is 1. The van der Waals surface area contributed by atoms with Crippen LogP contribution in [0.2, 0.25) is 0 Å². The Hall–Kier alpha value is -1.02. The Bertz CT molecular complexity index is 339. The summed E-state index contributed by atoms with van der Waals surface area (Å²) < 4.78 is 0. The number of nitrogens with one attached hydrogen (secondary N) is 2. The van der Waals surface area contributed by atoms with Gasteiger partial charge in [0.25, 0.3) is 0 Å². The van der Waals surface area contributed by atoms with Crippen molar-refractivity contribution in [1.82, 2.24) is 5.32 Å². The highest BCUT2D eigenvalue weighted by atomic mass is 14.9. The fourth-order valence-electron chi connectivity index (χ4n) is 2.51. The van der Waals surface area contributed by atoms with Crippen molar-refractivity contribution in [2.45, 2.75) is 39.0 Å². The van der Waals surface area contributed by atoms with E-state index >= 15 is 0 Å². The van der Waals surface area contributed by atoms with E-state index in [1.165, 1.54) is 43.6 Å². The molecule has 0 spiro atoms. The molecule has 0 aromatic heterocycles. The molecular formula is C16H26N2. The molecule has 1 aliphatic heterocycles. The van der Waals surface area contributed by atoms with E-state index < -0.39 is 0 Å². The number of benzene rings is 1. The van der Waals surface area contributed by atoms with Crippen LogP contribution in [0, 0.1) is 5.92 Å². The second-order valence-corrected chi connectivity index (χ2v) is 5.51. The summed E-state index contributed by atoms with van der Waals surface area (Å²) in [6.07, 6.45) is 3.82. The molecule has 0 aliphatic carbocycles. The number of anilines is 1. The molecule has 0 radical (unpaired) electrons. The van der Waals surface area contributed by atoms with Crippen molar-refractivity contribution >= 4 is 5.69 Å². The first-order valence-electron chi connectivity index (χ1n) is 7.34. The fourth-order valence-corrected chi connectivity index (χ4v) is 2.51. The Morgan fingerprint density at radius 3 is 2.50 bits per heavy atom. The average molecular weight is 246 g/mol. The summed E-state index contributed by atoms with van der Waals surface area (Å²) in [5.74, 6) is 1.50. The topological polar surface area (TPSA) is 24.1 Å². The summed E-state index contributed by atoms with van der Waals surface area (Å²) in [6.45, 7) is 8.01. The van der Waals surface area contributed by atoms with E-state index in [9.17, 15) is 0 Å². The minimum absolute atomic E-state index is 0.670. The minimum Gasteiger partial charge on any atom is -0.385 e. The second kappa shape index (κ2) is 6.79. The molecule has 0 bridgehead atoms. The van der Waals surface area contributed by atoms with Crippen molar-refractivity contribution in [2.75, 3.05) is 25.0 Å². The first-order chi connectivity index (χ1) is 8.79. The third-order valence-corrected chi connectivity index (χ3v) is 4.15. The monoisotopic (exact) mass is 246 g/mol. The largest absolute Gasteiger partial charge is 0.385 e. The van der Waals surface area contributed by atoms with Gasteiger partial charge < -0.3 is 10.6 Å². The van der Waals surface area contributed by atoms with E-state index in [1.807, 2.05) is 0 Å². The van der Waals surface area contributed by atoms with Crippen LogP contribution in [0.5, 0.6) is 0 Å². The highest BCUT2D eigenvalue weighted by Gasteiger charge is 2.12. The van der Waals surface area contributed by atoms with Crippen molar-refractivity contribution in [3.8, 4) is 0 Å². The van der Waals surface area contributed by atoms with Gasteiger partial charge in [-0.15, -0.1) is 0 Å². The number of rotatable bonds is 5. The molecule has 1 atom stereocenters. The summed E-state index contributed by atoms with van der Waals surface area (Å²) in [6, 6.07) is 8.98. The van der Waals surface area contributed by atoms with Gasteiger partial charge in [-0.1, -0.05) is 26.0 Å². The molecule has 1 heterocycles. The molecule has 2 nitrogen and oxygen atoms in total. The van der Waals surface area contributed by atoms with Crippen molar-refractivity contribution in [3.05, 3.63) is 29.8 Å². The summed E-state index contributed by atoms with van der Waals surface area (Å²) in [7, 11) is 0. The van der Waals surface area contributed by atoms with Gasteiger partial charge in [0.2, 0.25) is 0 Å². The van der Waals surface area contributed by atoms with Crippen LogP contribution in [0.15, 0.2) is 24.3 Å². The van der Waals surface area contributed by atoms with E-state index in [-0.39, 0.29) is 0 Å². The van der Waals surface area contributed by atoms with Gasteiger partial charge in [0, 0.05) is 12.2 Å². The Kier molecular flexibility index (Phi) is 5.06. The third-order valence-electron chi connectivity index (χ3n) is 4.15. The lowest BCUT2D eigenvalue weighted by Crippen LogP contribution is -2.31. The first kappa shape index (κ1) is 13.4. The van der Waals surface area contributed by atoms with Gasteiger partial charge in [-0.25, -0.2) is 0 Å². The highest BCUT2D eigenvalue weighted by Crippen LogP contribution is 2.21. The Morgan fingerprint density at radius 1 is 1.22 bits per heavy atom. The standard InChI is InChI=1S/C16H26N2/c1-3-13(2)15-4-6-16(7-5-15)18-12-14-8-10-17-11-9-14/h4-7,13-14,17-18H,3,8-12H2,1-2H3. The molecule has 1 saturated heterocycles. The van der Waals surface area contributed by atoms with Crippen molar-refractivity contribution in [1.29, 1.82) is 0 Å². The molecule has 2 heteroatoms. The predicted molar refractivity (Wildman–Crippen MR) is 79.2 cm³/mol. The van der Waals surface area contributed by atoms with Gasteiger partial charge in [0.15, 0.2) is 0 Å². The summed E-state index contributed by atoms with van der Waals surface area (Å²) in [4.78, 5) is 0. The smallest absolute Gasteiger partial charge is 0.0340 e. The van der Waals surface area contributed by atoms with Gasteiger partial charge in [-0.3, -0.25) is 0 Å². The van der Waals surface area contributed by atoms with E-state index in [0.29, 0.717) is 5.92 Å². The molecule has 18 heavy (non-hydrogen) atoms. The van der Waals surface area contributed by atoms with Gasteiger partial charge in [0.05, 0.1) is 0 Å². The molecule has 100 valence electrons. The fraction of sp³-hybridized carbons (Fsp3) is 0.625. The van der Waals surface area contributed by atoms with E-state index in [0.717, 1.165) is 12.5 Å². The lowest BCUT2D eigenvalue weighted by molar-refractivity contribution is 0.390. The SMILES string of the molecule is CCC(C)c1ccc(NCC2CCNCC2)cc1. The quantitative estimate of drug-likeness (QED) is 0.829. The van der Waals surface area contributed by atoms with Crippen LogP contribution in [0.1, 0.15) is 44.6 Å². The Balaban J connectivity index is 1.82. The Labute approximate surface area is 111 Å². The van der Waals surface area contributed by atoms with Crippen LogP contribution in [-0.2, 0) is 0 Å². The highest BCUT2D eigenvalue weighted by molar-refractivity contribution is 5.45. The first-order valence-corrected chi connectivity index (χ1v) is 7.34. The summed E-state index contributed by atoms with van der Waals surface area (Å²) in [5, 5.41) is 6.98. The maximum Gasteiger partial charge on any atom is 0.0340 e. The van der Waals surface area contributed by atoms with Crippen molar-refractivity contribution in [2.24, 2.45) is 5.92 Å². The van der Waals surface area contributed by atoms with Crippen molar-refractivity contribution < 1.29 is 0 Å². The van der Waals surface area contributed by atoms with Crippen LogP contribution in [0.3, 0.4) is 0 Å². The van der Waals surface area contributed by atoms with Gasteiger partial charge in [0.1, 0.15) is 0 Å². The van der Waals surface area contributed by atoms with E-state index in [4.69, 9.17) is 0 Å². The number of hydrogen-bond acceptors (Lipinski definition) is 2. The average Bonchev–Trinajstić information content (AvgIpc) is 2.46. The zero-order valence-corrected chi connectivity index (χ0v) is 11.7. The third kappa shape index (κ3) is 3.74. The zero-order chi connectivity index (χ0) is 12.8. The van der Waals surface area contributed by atoms with Crippen LogP contribution in [0.4, 0.5) is 5.69 Å². The maximum absolute atomic E-state index is 3.57. The molecule has 2 rings (SSSR count). The maximum atomic E-state index is 3.57. The molecule has 0 amide bonds. The number of hydrogen-bond donors (Lipinski definition) is 2. The molecule has 2 N–H and O–H groups in total.